The van der Waals surface area contributed by atoms with Crippen molar-refractivity contribution in [2.24, 2.45) is 5.41 Å². The van der Waals surface area contributed by atoms with Crippen molar-refractivity contribution in [3.8, 4) is 22.2 Å². The number of methoxy groups -OCH3 is 1. The van der Waals surface area contributed by atoms with E-state index in [1.54, 1.807) is 59.9 Å². The monoisotopic (exact) mass is 910 g/mol. The number of benzene rings is 2. The first-order valence-corrected chi connectivity index (χ1v) is 23.2. The van der Waals surface area contributed by atoms with E-state index in [0.717, 1.165) is 23.4 Å². The summed E-state index contributed by atoms with van der Waals surface area (Å²) < 4.78 is 81.2. The molecule has 2 aromatic carbocycles. The van der Waals surface area contributed by atoms with Gasteiger partial charge in [-0.05, 0) is 80.9 Å². The summed E-state index contributed by atoms with van der Waals surface area (Å²) >= 11 is 1.44. The number of likely N-dealkylation sites (tertiary alicyclic amines) is 1. The minimum Gasteiger partial charge on any atom is -0.496 e. The Balaban J connectivity index is 1.26. The first kappa shape index (κ1) is 45.8. The SMILES string of the molecule is C/C=C1/C[C@]1(NC(=O)[C@@H]1C[C@@H](Oc2cc(-c3nc(C(C)C)cs3)nc3c(C)c(OC)ccc23)CN1C(=O)[C@@H](Nc1cccc(C(F)(F)F)c1)C(C)(C)C)C(=O)NS(=O)(=O)C1(C)CC1. The van der Waals surface area contributed by atoms with E-state index >= 15 is 0 Å². The lowest BCUT2D eigenvalue weighted by atomic mass is 9.85. The van der Waals surface area contributed by atoms with E-state index in [1.165, 1.54) is 28.4 Å². The number of rotatable bonds is 13. The second-order valence-corrected chi connectivity index (χ2v) is 21.4. The number of carbonyl (C=O) groups excluding carboxylic acids is 3. The summed E-state index contributed by atoms with van der Waals surface area (Å²) in [6.45, 7) is 14.3. The van der Waals surface area contributed by atoms with Gasteiger partial charge in [0, 0.05) is 40.9 Å². The molecule has 0 bridgehead atoms. The molecule has 1 aliphatic heterocycles. The molecule has 3 amide bonds. The Kier molecular flexibility index (Phi) is 11.9. The Labute approximate surface area is 369 Å². The minimum absolute atomic E-state index is 0.0485. The van der Waals surface area contributed by atoms with E-state index in [9.17, 15) is 36.0 Å². The number of nitrogens with zero attached hydrogens (tertiary/aromatic N) is 3. The van der Waals surface area contributed by atoms with Gasteiger partial charge in [0.05, 0.1) is 35.2 Å². The standard InChI is InChI=1S/C45H53F3N6O7S2/c1-10-26-21-44(26,41(57)53-63(58,59)43(8)16-17-43)52-38(55)33-19-29(22-54(33)40(56)37(42(5,6)7)49-28-13-11-12-27(18-28)45(46,47)48)61-35-20-31(39-51-32(23-62-39)24(2)3)50-36-25(4)34(60-9)15-14-30(35)36/h10-15,18,20,23-24,29,33,37,49H,16-17,19,21-22H2,1-9H3,(H,52,55)(H,53,57)/b26-10-/t29-,33+,37-,44-/m1/s1. The molecule has 2 aromatic heterocycles. The number of pyridine rings is 1. The molecule has 3 heterocycles. The van der Waals surface area contributed by atoms with Crippen molar-refractivity contribution < 1.29 is 45.4 Å². The molecule has 13 nitrogen and oxygen atoms in total. The molecule has 7 rings (SSSR count). The average Bonchev–Trinajstić information content (AvgIpc) is 4.00. The van der Waals surface area contributed by atoms with Crippen LogP contribution in [0, 0.1) is 12.3 Å². The summed E-state index contributed by atoms with van der Waals surface area (Å²) in [4.78, 5) is 54.6. The van der Waals surface area contributed by atoms with Crippen molar-refractivity contribution in [2.75, 3.05) is 19.0 Å². The number of hydrogen-bond donors (Lipinski definition) is 3. The largest absolute Gasteiger partial charge is 0.496 e. The highest BCUT2D eigenvalue weighted by Crippen LogP contribution is 2.47. The number of halogens is 3. The molecule has 2 saturated carbocycles. The van der Waals surface area contributed by atoms with Crippen molar-refractivity contribution in [2.45, 2.75) is 122 Å². The molecule has 3 fully saturated rings. The van der Waals surface area contributed by atoms with Crippen molar-refractivity contribution >= 4 is 55.7 Å². The number of ether oxygens (including phenoxy) is 2. The number of aromatic nitrogens is 2. The van der Waals surface area contributed by atoms with E-state index < -0.39 is 73.4 Å². The van der Waals surface area contributed by atoms with Crippen LogP contribution in [0.2, 0.25) is 0 Å². The number of aryl methyl sites for hydroxylation is 1. The van der Waals surface area contributed by atoms with E-state index in [-0.39, 0.29) is 31.0 Å². The molecule has 0 unspecified atom stereocenters. The molecule has 3 aliphatic rings. The van der Waals surface area contributed by atoms with Gasteiger partial charge in [-0.3, -0.25) is 19.1 Å². The highest BCUT2D eigenvalue weighted by atomic mass is 32.2. The average molecular weight is 911 g/mol. The number of thiazole rings is 1. The molecule has 1 saturated heterocycles. The van der Waals surface area contributed by atoms with Gasteiger partial charge in [-0.1, -0.05) is 46.8 Å². The van der Waals surface area contributed by atoms with Crippen LogP contribution in [0.1, 0.15) is 96.9 Å². The van der Waals surface area contributed by atoms with Gasteiger partial charge >= 0.3 is 6.18 Å². The number of hydrogen-bond acceptors (Lipinski definition) is 11. The summed E-state index contributed by atoms with van der Waals surface area (Å²) in [5.74, 6) is -1.04. The number of carbonyl (C=O) groups is 3. The molecule has 4 aromatic rings. The first-order valence-electron chi connectivity index (χ1n) is 20.8. The van der Waals surface area contributed by atoms with Gasteiger partial charge in [-0.25, -0.2) is 18.4 Å². The van der Waals surface area contributed by atoms with Crippen LogP contribution < -0.4 is 24.8 Å². The van der Waals surface area contributed by atoms with Crippen LogP contribution in [-0.2, 0) is 30.6 Å². The lowest BCUT2D eigenvalue weighted by molar-refractivity contribution is -0.141. The Bertz CT molecular complexity index is 2620. The van der Waals surface area contributed by atoms with E-state index in [4.69, 9.17) is 19.4 Å². The lowest BCUT2D eigenvalue weighted by Gasteiger charge is -2.36. The van der Waals surface area contributed by atoms with Gasteiger partial charge in [0.2, 0.25) is 21.8 Å². The predicted molar refractivity (Wildman–Crippen MR) is 235 cm³/mol. The molecule has 338 valence electrons. The number of alkyl halides is 3. The van der Waals surface area contributed by atoms with E-state index in [2.05, 4.69) is 15.4 Å². The zero-order valence-corrected chi connectivity index (χ0v) is 38.3. The molecule has 3 N–H and O–H groups in total. The van der Waals surface area contributed by atoms with Crippen molar-refractivity contribution in [1.29, 1.82) is 0 Å². The van der Waals surface area contributed by atoms with Crippen LogP contribution in [0.4, 0.5) is 18.9 Å². The van der Waals surface area contributed by atoms with Crippen LogP contribution >= 0.6 is 11.3 Å². The fraction of sp³-hybridized carbons (Fsp3) is 0.489. The smallest absolute Gasteiger partial charge is 0.416 e. The van der Waals surface area contributed by atoms with Gasteiger partial charge in [-0.15, -0.1) is 11.3 Å². The summed E-state index contributed by atoms with van der Waals surface area (Å²) in [5.41, 5.74) is -0.145. The third-order valence-corrected chi connectivity index (χ3v) is 15.3. The van der Waals surface area contributed by atoms with Crippen LogP contribution in [0.5, 0.6) is 11.5 Å². The van der Waals surface area contributed by atoms with E-state index in [0.29, 0.717) is 51.5 Å². The third kappa shape index (κ3) is 8.97. The normalized spacial score (nSPS) is 21.9. The van der Waals surface area contributed by atoms with E-state index in [1.807, 2.05) is 32.2 Å². The Morgan fingerprint density at radius 3 is 2.35 bits per heavy atom. The number of nitrogens with one attached hydrogen (secondary N) is 3. The zero-order chi connectivity index (χ0) is 46.0. The number of sulfonamides is 1. The van der Waals surface area contributed by atoms with Gasteiger partial charge in [-0.2, -0.15) is 13.2 Å². The Morgan fingerprint density at radius 2 is 1.76 bits per heavy atom. The van der Waals surface area contributed by atoms with Crippen LogP contribution in [-0.4, -0.2) is 83.1 Å². The zero-order valence-electron chi connectivity index (χ0n) is 36.7. The summed E-state index contributed by atoms with van der Waals surface area (Å²) in [5, 5.41) is 9.10. The summed E-state index contributed by atoms with van der Waals surface area (Å²) in [7, 11) is -2.50. The molecule has 63 heavy (non-hydrogen) atoms. The maximum absolute atomic E-state index is 15.0. The first-order chi connectivity index (χ1) is 29.4. The van der Waals surface area contributed by atoms with Crippen molar-refractivity contribution in [3.05, 3.63) is 76.3 Å². The van der Waals surface area contributed by atoms with Gasteiger partial charge in [0.25, 0.3) is 5.91 Å². The molecule has 18 heteroatoms. The fourth-order valence-corrected chi connectivity index (χ4v) is 10.1. The Hall–Kier alpha value is -5.23. The summed E-state index contributed by atoms with van der Waals surface area (Å²) in [6.07, 6.45) is -3.04. The Morgan fingerprint density at radius 1 is 1.05 bits per heavy atom. The number of amides is 3. The quantitative estimate of drug-likeness (QED) is 0.112. The van der Waals surface area contributed by atoms with Crippen LogP contribution in [0.15, 0.2) is 59.5 Å². The van der Waals surface area contributed by atoms with Gasteiger partial charge in [0.1, 0.15) is 45.9 Å². The number of allylic oxidation sites excluding steroid dienone is 1. The van der Waals surface area contributed by atoms with Crippen LogP contribution in [0.3, 0.4) is 0 Å². The topological polar surface area (TPSA) is 169 Å². The highest BCUT2D eigenvalue weighted by molar-refractivity contribution is 7.91. The van der Waals surface area contributed by atoms with Gasteiger partial charge < -0.3 is 25.0 Å². The van der Waals surface area contributed by atoms with Gasteiger partial charge in [0.15, 0.2) is 0 Å². The molecular formula is C45H53F3N6O7S2. The molecule has 0 radical (unpaired) electrons. The molecule has 0 spiro atoms. The maximum Gasteiger partial charge on any atom is 0.416 e. The minimum atomic E-state index is -4.63. The number of fused-ring (bicyclic) bond motifs is 1. The van der Waals surface area contributed by atoms with Crippen molar-refractivity contribution in [1.82, 2.24) is 24.9 Å². The maximum atomic E-state index is 15.0. The highest BCUT2D eigenvalue weighted by Gasteiger charge is 2.60. The second kappa shape index (κ2) is 16.4. The van der Waals surface area contributed by atoms with Crippen LogP contribution in [0.25, 0.3) is 21.6 Å². The number of anilines is 1. The third-order valence-electron chi connectivity index (χ3n) is 12.2. The lowest BCUT2D eigenvalue weighted by Crippen LogP contribution is -2.58. The van der Waals surface area contributed by atoms with Crippen molar-refractivity contribution in [3.63, 3.8) is 0 Å². The molecular weight excluding hydrogens is 858 g/mol. The fourth-order valence-electron chi connectivity index (χ4n) is 7.87. The predicted octanol–water partition coefficient (Wildman–Crippen LogP) is 7.90. The molecule has 2 aliphatic carbocycles. The second-order valence-electron chi connectivity index (χ2n) is 18.3. The molecule has 4 atom stereocenters. The summed E-state index contributed by atoms with van der Waals surface area (Å²) in [6, 6.07) is 7.52.